The molecule has 0 aliphatic carbocycles. The molecule has 0 radical (unpaired) electrons. The molecular weight excluding hydrogens is 718 g/mol. The molecule has 0 bridgehead atoms. The fraction of sp³-hybridized carbons (Fsp3) is 0.387. The van der Waals surface area contributed by atoms with Crippen LogP contribution in [0.4, 0.5) is 0 Å². The Morgan fingerprint density at radius 1 is 0.886 bits per heavy atom. The molecule has 1 heterocycles. The van der Waals surface area contributed by atoms with Crippen LogP contribution in [0.2, 0.25) is 0 Å². The summed E-state index contributed by atoms with van der Waals surface area (Å²) in [6, 6.07) is 21.9. The number of rotatable bonds is 12. The van der Waals surface area contributed by atoms with Crippen LogP contribution in [0, 0.1) is 0 Å². The number of aliphatic hydroxyl groups is 2. The molecule has 0 spiro atoms. The van der Waals surface area contributed by atoms with Crippen LogP contribution in [-0.2, 0) is 27.7 Å². The van der Waals surface area contributed by atoms with Gasteiger partial charge in [-0.25, -0.2) is 13.9 Å². The third-order valence-electron chi connectivity index (χ3n) is 7.53. The van der Waals surface area contributed by atoms with Crippen molar-refractivity contribution in [2.24, 2.45) is 0 Å². The molecule has 0 aromatic heterocycles. The molecule has 1 fully saturated rings. The Labute approximate surface area is 275 Å². The van der Waals surface area contributed by atoms with Crippen LogP contribution < -0.4 is 10.2 Å². The lowest BCUT2D eigenvalue weighted by molar-refractivity contribution is -0.133. The third kappa shape index (κ3) is 9.57. The number of piperidine rings is 1. The van der Waals surface area contributed by atoms with Crippen molar-refractivity contribution in [3.05, 3.63) is 92.9 Å². The Morgan fingerprint density at radius 2 is 1.39 bits per heavy atom. The summed E-state index contributed by atoms with van der Waals surface area (Å²) in [5.41, 5.74) is 3.86. The maximum absolute atomic E-state index is 13.4. The first-order chi connectivity index (χ1) is 21.1. The number of hydrogen-bond acceptors (Lipinski definition) is 9. The topological polar surface area (TPSA) is 140 Å². The zero-order valence-corrected chi connectivity index (χ0v) is 28.5. The molecule has 0 atom stereocenters. The number of nitrogens with zero attached hydrogens (tertiary/aromatic N) is 2. The van der Waals surface area contributed by atoms with Crippen LogP contribution in [-0.4, -0.2) is 90.8 Å². The predicted octanol–water partition coefficient (Wildman–Crippen LogP) is 4.01. The van der Waals surface area contributed by atoms with Gasteiger partial charge in [-0.2, -0.15) is 0 Å². The third-order valence-corrected chi connectivity index (χ3v) is 11.1. The summed E-state index contributed by atoms with van der Waals surface area (Å²) in [6.07, 6.45) is 0.175. The number of sulfone groups is 1. The smallest absolute Gasteiger partial charge is 0.265 e. The lowest BCUT2D eigenvalue weighted by atomic mass is 9.94. The zero-order valence-electron chi connectivity index (χ0n) is 24.5. The number of halogens is 2. The largest absolute Gasteiger partial charge is 0.497 e. The molecule has 0 unspecified atom stereocenters. The van der Waals surface area contributed by atoms with Gasteiger partial charge in [-0.1, -0.05) is 56.1 Å². The van der Waals surface area contributed by atoms with E-state index in [4.69, 9.17) is 14.9 Å². The average Bonchev–Trinajstić information content (AvgIpc) is 3.04. The molecule has 1 aliphatic rings. The van der Waals surface area contributed by atoms with E-state index in [0.29, 0.717) is 38.5 Å². The number of benzene rings is 3. The predicted molar refractivity (Wildman–Crippen MR) is 175 cm³/mol. The minimum Gasteiger partial charge on any atom is -0.497 e. The lowest BCUT2D eigenvalue weighted by Crippen LogP contribution is -2.57. The van der Waals surface area contributed by atoms with Gasteiger partial charge in [0, 0.05) is 48.2 Å². The molecule has 1 saturated heterocycles. The number of nitrogens with one attached hydrogen (secondary N) is 1. The maximum Gasteiger partial charge on any atom is 0.265 e. The molecular formula is C31H39Br2N3O7S. The van der Waals surface area contributed by atoms with Gasteiger partial charge in [-0.15, -0.1) is 0 Å². The van der Waals surface area contributed by atoms with E-state index in [2.05, 4.69) is 36.8 Å². The molecule has 44 heavy (non-hydrogen) atoms. The fourth-order valence-electron chi connectivity index (χ4n) is 5.02. The van der Waals surface area contributed by atoms with Gasteiger partial charge < -0.3 is 14.9 Å². The van der Waals surface area contributed by atoms with Gasteiger partial charge in [-0.05, 0) is 72.5 Å². The van der Waals surface area contributed by atoms with Crippen molar-refractivity contribution in [2.75, 3.05) is 46.5 Å². The zero-order chi connectivity index (χ0) is 32.2. The summed E-state index contributed by atoms with van der Waals surface area (Å²) in [5, 5.41) is 27.0. The first-order valence-corrected chi connectivity index (χ1v) is 17.1. The van der Waals surface area contributed by atoms with E-state index in [9.17, 15) is 18.4 Å². The molecule has 3 aromatic carbocycles. The van der Waals surface area contributed by atoms with E-state index in [1.165, 1.54) is 24.8 Å². The number of aliphatic hydroxyl groups excluding tert-OH is 2. The quantitative estimate of drug-likeness (QED) is 0.160. The minimum absolute atomic E-state index is 0.0308. The van der Waals surface area contributed by atoms with Gasteiger partial charge >= 0.3 is 0 Å². The van der Waals surface area contributed by atoms with Crippen molar-refractivity contribution in [2.45, 2.75) is 35.6 Å². The molecule has 4 N–H and O–H groups in total. The Hall–Kier alpha value is -2.36. The average molecular weight is 758 g/mol. The van der Waals surface area contributed by atoms with E-state index in [1.807, 2.05) is 53.4 Å². The summed E-state index contributed by atoms with van der Waals surface area (Å²) >= 11 is 6.79. The van der Waals surface area contributed by atoms with Crippen LogP contribution in [0.25, 0.3) is 0 Å². The second kappa shape index (κ2) is 17.4. The van der Waals surface area contributed by atoms with Crippen LogP contribution in [0.15, 0.2) is 86.6 Å². The number of ether oxygens (including phenoxy) is 1. The molecule has 1 aliphatic heterocycles. The van der Waals surface area contributed by atoms with Gasteiger partial charge in [0.25, 0.3) is 5.91 Å². The van der Waals surface area contributed by atoms with Crippen LogP contribution in [0.5, 0.6) is 5.75 Å². The standard InChI is InChI=1S/C20H23BrN2O5S.C11H16BrNO2/c1-28-17-6-8-18(9-7-17)29(26,27)20(19(24)22-25)10-12-23(13-11-20)14-15-2-4-16(21)5-3-15;12-11-3-1-10(2-4-11)9-13(5-7-14)6-8-15/h2-9,25H,10-14H2,1H3,(H,22,24);1-4,14-15H,5-9H2. The van der Waals surface area contributed by atoms with E-state index in [1.54, 1.807) is 17.6 Å². The van der Waals surface area contributed by atoms with Crippen molar-refractivity contribution in [3.8, 4) is 5.75 Å². The lowest BCUT2D eigenvalue weighted by Gasteiger charge is -2.39. The first kappa shape index (κ1) is 36.1. The number of carbonyl (C=O) groups is 1. The van der Waals surface area contributed by atoms with Crippen molar-refractivity contribution >= 4 is 47.6 Å². The van der Waals surface area contributed by atoms with Gasteiger partial charge in [0.15, 0.2) is 14.6 Å². The molecule has 3 aromatic rings. The summed E-state index contributed by atoms with van der Waals surface area (Å²) in [5.74, 6) is -0.370. The number of hydroxylamine groups is 1. The highest BCUT2D eigenvalue weighted by molar-refractivity contribution is 9.10. The van der Waals surface area contributed by atoms with Crippen LogP contribution in [0.1, 0.15) is 24.0 Å². The van der Waals surface area contributed by atoms with Gasteiger partial charge in [0.05, 0.1) is 25.2 Å². The number of carbonyl (C=O) groups excluding carboxylic acids is 1. The van der Waals surface area contributed by atoms with Gasteiger partial charge in [0.1, 0.15) is 5.75 Å². The van der Waals surface area contributed by atoms with Crippen molar-refractivity contribution < 1.29 is 33.4 Å². The Morgan fingerprint density at radius 3 is 1.84 bits per heavy atom. The Balaban J connectivity index is 0.000000297. The number of hydrogen-bond donors (Lipinski definition) is 4. The first-order valence-electron chi connectivity index (χ1n) is 14.1. The molecule has 0 saturated carbocycles. The second-order valence-corrected chi connectivity index (χ2v) is 14.5. The number of amides is 1. The summed E-state index contributed by atoms with van der Waals surface area (Å²) in [4.78, 5) is 16.7. The van der Waals surface area contributed by atoms with Crippen molar-refractivity contribution in [1.82, 2.24) is 15.3 Å². The van der Waals surface area contributed by atoms with E-state index in [-0.39, 0.29) is 31.0 Å². The Bertz CT molecular complexity index is 1410. The van der Waals surface area contributed by atoms with Crippen LogP contribution in [0.3, 0.4) is 0 Å². The second-order valence-electron chi connectivity index (χ2n) is 10.4. The summed E-state index contributed by atoms with van der Waals surface area (Å²) < 4.78 is 32.2. The molecule has 240 valence electrons. The highest BCUT2D eigenvalue weighted by Crippen LogP contribution is 2.37. The normalized spacial score (nSPS) is 14.9. The van der Waals surface area contributed by atoms with Gasteiger partial charge in [0.2, 0.25) is 0 Å². The van der Waals surface area contributed by atoms with E-state index in [0.717, 1.165) is 21.1 Å². The molecule has 4 rings (SSSR count). The SMILES string of the molecule is COc1ccc(S(=O)(=O)C2(C(=O)NO)CCN(Cc3ccc(Br)cc3)CC2)cc1.OCCN(CCO)Cc1ccc(Br)cc1. The van der Waals surface area contributed by atoms with E-state index >= 15 is 0 Å². The van der Waals surface area contributed by atoms with Crippen LogP contribution >= 0.6 is 31.9 Å². The molecule has 1 amide bonds. The van der Waals surface area contributed by atoms with Crippen molar-refractivity contribution in [1.29, 1.82) is 0 Å². The fourth-order valence-corrected chi connectivity index (χ4v) is 7.51. The monoisotopic (exact) mass is 755 g/mol. The number of likely N-dealkylation sites (tertiary alicyclic amines) is 1. The van der Waals surface area contributed by atoms with E-state index < -0.39 is 20.5 Å². The van der Waals surface area contributed by atoms with Gasteiger partial charge in [-0.3, -0.25) is 19.8 Å². The molecule has 13 heteroatoms. The van der Waals surface area contributed by atoms with Crippen molar-refractivity contribution in [3.63, 3.8) is 0 Å². The highest BCUT2D eigenvalue weighted by Gasteiger charge is 2.52. The molecule has 10 nitrogen and oxygen atoms in total. The maximum atomic E-state index is 13.4. The summed E-state index contributed by atoms with van der Waals surface area (Å²) in [7, 11) is -2.53. The summed E-state index contributed by atoms with van der Waals surface area (Å²) in [6.45, 7) is 3.68. The number of methoxy groups -OCH3 is 1. The Kier molecular flexibility index (Phi) is 14.3. The highest BCUT2D eigenvalue weighted by atomic mass is 79.9. The minimum atomic E-state index is -4.02.